The van der Waals surface area contributed by atoms with Gasteiger partial charge in [0.1, 0.15) is 5.60 Å². The van der Waals surface area contributed by atoms with E-state index in [1.807, 2.05) is 42.5 Å². The maximum atomic E-state index is 11.8. The van der Waals surface area contributed by atoms with E-state index in [1.54, 1.807) is 33.2 Å². The van der Waals surface area contributed by atoms with Crippen LogP contribution in [0.3, 0.4) is 0 Å². The Morgan fingerprint density at radius 2 is 1.64 bits per heavy atom. The van der Waals surface area contributed by atoms with Crippen LogP contribution in [-0.4, -0.2) is 22.4 Å². The van der Waals surface area contributed by atoms with Crippen molar-refractivity contribution in [2.45, 2.75) is 26.4 Å². The zero-order valence-electron chi connectivity index (χ0n) is 12.9. The summed E-state index contributed by atoms with van der Waals surface area (Å²) in [5.41, 5.74) is 4.28. The molecule has 1 amide bonds. The molecule has 2 rings (SSSR count). The van der Waals surface area contributed by atoms with Crippen molar-refractivity contribution in [1.29, 1.82) is 0 Å². The van der Waals surface area contributed by atoms with E-state index in [4.69, 9.17) is 4.74 Å². The molecule has 22 heavy (non-hydrogen) atoms. The number of hydrazone groups is 1. The average molecular weight is 297 g/mol. The number of aromatic nitrogens is 1. The van der Waals surface area contributed by atoms with Crippen LogP contribution in [-0.2, 0) is 4.74 Å². The van der Waals surface area contributed by atoms with Gasteiger partial charge in [0.2, 0.25) is 0 Å². The highest BCUT2D eigenvalue weighted by Crippen LogP contribution is 2.10. The van der Waals surface area contributed by atoms with Crippen molar-refractivity contribution in [3.05, 3.63) is 66.0 Å². The summed E-state index contributed by atoms with van der Waals surface area (Å²) >= 11 is 0. The number of amides is 1. The van der Waals surface area contributed by atoms with Gasteiger partial charge in [-0.2, -0.15) is 5.10 Å². The summed E-state index contributed by atoms with van der Waals surface area (Å²) < 4.78 is 5.19. The van der Waals surface area contributed by atoms with Crippen LogP contribution < -0.4 is 5.43 Å². The van der Waals surface area contributed by atoms with Crippen LogP contribution in [0.25, 0.3) is 0 Å². The van der Waals surface area contributed by atoms with Crippen LogP contribution in [0.4, 0.5) is 4.79 Å². The zero-order chi connectivity index (χ0) is 16.0. The first-order valence-electron chi connectivity index (χ1n) is 6.98. The lowest BCUT2D eigenvalue weighted by atomic mass is 10.0. The molecule has 0 aliphatic rings. The minimum absolute atomic E-state index is 0.566. The maximum absolute atomic E-state index is 11.8. The molecule has 0 radical (unpaired) electrons. The zero-order valence-corrected chi connectivity index (χ0v) is 12.9. The first-order valence-corrected chi connectivity index (χ1v) is 6.98. The van der Waals surface area contributed by atoms with E-state index >= 15 is 0 Å². The van der Waals surface area contributed by atoms with Crippen LogP contribution >= 0.6 is 0 Å². The molecule has 0 aliphatic carbocycles. The summed E-state index contributed by atoms with van der Waals surface area (Å²) in [6.45, 7) is 5.41. The van der Waals surface area contributed by atoms with Crippen molar-refractivity contribution < 1.29 is 9.53 Å². The van der Waals surface area contributed by atoms with E-state index < -0.39 is 11.7 Å². The molecule has 1 aromatic heterocycles. The van der Waals surface area contributed by atoms with Crippen molar-refractivity contribution in [3.8, 4) is 0 Å². The number of carbonyl (C=O) groups is 1. The predicted octanol–water partition coefficient (Wildman–Crippen LogP) is 3.36. The first-order chi connectivity index (χ1) is 10.5. The van der Waals surface area contributed by atoms with Crippen molar-refractivity contribution in [2.75, 3.05) is 0 Å². The Hall–Kier alpha value is -2.69. The molecule has 0 saturated carbocycles. The molecule has 0 spiro atoms. The summed E-state index contributed by atoms with van der Waals surface area (Å²) in [5, 5.41) is 4.21. The van der Waals surface area contributed by atoms with Crippen molar-refractivity contribution in [1.82, 2.24) is 10.4 Å². The van der Waals surface area contributed by atoms with Gasteiger partial charge in [-0.1, -0.05) is 30.3 Å². The molecule has 0 aliphatic heterocycles. The van der Waals surface area contributed by atoms with Gasteiger partial charge in [0.15, 0.2) is 0 Å². The van der Waals surface area contributed by atoms with Gasteiger partial charge in [0, 0.05) is 23.5 Å². The summed E-state index contributed by atoms with van der Waals surface area (Å²) in [6, 6.07) is 13.3. The van der Waals surface area contributed by atoms with Gasteiger partial charge < -0.3 is 4.74 Å². The molecular weight excluding hydrogens is 278 g/mol. The number of carbonyl (C=O) groups excluding carboxylic acids is 1. The number of nitrogens with zero attached hydrogens (tertiary/aromatic N) is 2. The van der Waals surface area contributed by atoms with Crippen LogP contribution in [0.2, 0.25) is 0 Å². The van der Waals surface area contributed by atoms with E-state index in [0.717, 1.165) is 11.1 Å². The molecule has 1 N–H and O–H groups in total. The molecule has 0 atom stereocenters. The highest BCUT2D eigenvalue weighted by atomic mass is 16.6. The van der Waals surface area contributed by atoms with Crippen LogP contribution in [0.15, 0.2) is 60.0 Å². The quantitative estimate of drug-likeness (QED) is 0.698. The van der Waals surface area contributed by atoms with E-state index in [9.17, 15) is 4.79 Å². The summed E-state index contributed by atoms with van der Waals surface area (Å²) in [6.07, 6.45) is 2.78. The lowest BCUT2D eigenvalue weighted by molar-refractivity contribution is 0.0529. The number of rotatable bonds is 3. The molecule has 0 bridgehead atoms. The van der Waals surface area contributed by atoms with Crippen LogP contribution in [0, 0.1) is 0 Å². The molecule has 1 heterocycles. The maximum Gasteiger partial charge on any atom is 0.428 e. The molecule has 114 valence electrons. The smallest absolute Gasteiger partial charge is 0.428 e. The van der Waals surface area contributed by atoms with Gasteiger partial charge >= 0.3 is 6.09 Å². The molecule has 2 aromatic rings. The third kappa shape index (κ3) is 4.70. The van der Waals surface area contributed by atoms with Crippen LogP contribution in [0.1, 0.15) is 31.9 Å². The number of ether oxygens (including phenoxy) is 1. The third-order valence-corrected chi connectivity index (χ3v) is 2.66. The van der Waals surface area contributed by atoms with Gasteiger partial charge in [-0.05, 0) is 32.9 Å². The van der Waals surface area contributed by atoms with Gasteiger partial charge in [0.05, 0.1) is 5.71 Å². The molecule has 0 saturated heterocycles. The number of benzene rings is 1. The largest absolute Gasteiger partial charge is 0.443 e. The highest BCUT2D eigenvalue weighted by molar-refractivity contribution is 6.12. The van der Waals surface area contributed by atoms with Crippen molar-refractivity contribution in [2.24, 2.45) is 5.10 Å². The Morgan fingerprint density at radius 1 is 1.05 bits per heavy atom. The second-order valence-electron chi connectivity index (χ2n) is 5.68. The summed E-state index contributed by atoms with van der Waals surface area (Å²) in [7, 11) is 0. The molecule has 5 heteroatoms. The van der Waals surface area contributed by atoms with E-state index in [2.05, 4.69) is 15.5 Å². The standard InChI is InChI=1S/C17H19N3O2/c1-17(2,3)22-16(21)20-19-15(13-7-5-4-6-8-13)14-9-11-18-12-10-14/h4-12H,1-3H3,(H,20,21). The van der Waals surface area contributed by atoms with Gasteiger partial charge in [-0.25, -0.2) is 10.2 Å². The lowest BCUT2D eigenvalue weighted by Gasteiger charge is -2.18. The van der Waals surface area contributed by atoms with Gasteiger partial charge in [0.25, 0.3) is 0 Å². The fourth-order valence-corrected chi connectivity index (χ4v) is 1.80. The normalized spacial score (nSPS) is 11.9. The number of hydrogen-bond acceptors (Lipinski definition) is 4. The van der Waals surface area contributed by atoms with E-state index in [1.165, 1.54) is 0 Å². The Balaban J connectivity index is 2.26. The van der Waals surface area contributed by atoms with Crippen molar-refractivity contribution >= 4 is 11.8 Å². The Kier molecular flexibility index (Phi) is 4.88. The Labute approximate surface area is 130 Å². The van der Waals surface area contributed by atoms with Crippen molar-refractivity contribution in [3.63, 3.8) is 0 Å². The second kappa shape index (κ2) is 6.85. The molecular formula is C17H19N3O2. The monoisotopic (exact) mass is 297 g/mol. The van der Waals surface area contributed by atoms with E-state index in [0.29, 0.717) is 5.71 Å². The number of pyridine rings is 1. The molecule has 0 fully saturated rings. The Bertz CT molecular complexity index is 605. The predicted molar refractivity (Wildman–Crippen MR) is 85.7 cm³/mol. The molecule has 0 unspecified atom stereocenters. The SMILES string of the molecule is CC(C)(C)OC(=O)NN=C(c1ccccc1)c1ccncc1. The highest BCUT2D eigenvalue weighted by Gasteiger charge is 2.16. The summed E-state index contributed by atoms with van der Waals surface area (Å²) in [5.74, 6) is 0. The third-order valence-electron chi connectivity index (χ3n) is 2.66. The fourth-order valence-electron chi connectivity index (χ4n) is 1.80. The van der Waals surface area contributed by atoms with Gasteiger partial charge in [-0.15, -0.1) is 0 Å². The minimum Gasteiger partial charge on any atom is -0.443 e. The second-order valence-corrected chi connectivity index (χ2v) is 5.68. The Morgan fingerprint density at radius 3 is 2.23 bits per heavy atom. The first kappa shape index (κ1) is 15.7. The topological polar surface area (TPSA) is 63.6 Å². The van der Waals surface area contributed by atoms with Crippen LogP contribution in [0.5, 0.6) is 0 Å². The molecule has 1 aromatic carbocycles. The molecule has 5 nitrogen and oxygen atoms in total. The average Bonchev–Trinajstić information content (AvgIpc) is 2.48. The fraction of sp³-hybridized carbons (Fsp3) is 0.235. The lowest BCUT2D eigenvalue weighted by Crippen LogP contribution is -2.30. The number of nitrogens with one attached hydrogen (secondary N) is 1. The minimum atomic E-state index is -0.588. The summed E-state index contributed by atoms with van der Waals surface area (Å²) in [4.78, 5) is 15.8. The number of hydrogen-bond donors (Lipinski definition) is 1. The van der Waals surface area contributed by atoms with E-state index in [-0.39, 0.29) is 0 Å². The van der Waals surface area contributed by atoms with Gasteiger partial charge in [-0.3, -0.25) is 4.98 Å².